The number of alkyl halides is 7. The lowest BCUT2D eigenvalue weighted by atomic mass is 10.2. The molecule has 0 spiro atoms. The lowest BCUT2D eigenvalue weighted by molar-refractivity contribution is -0.274. The number of aromatic nitrogens is 6. The van der Waals surface area contributed by atoms with E-state index in [4.69, 9.17) is 0 Å². The fourth-order valence-corrected chi connectivity index (χ4v) is 4.35. The van der Waals surface area contributed by atoms with Gasteiger partial charge in [0.1, 0.15) is 16.9 Å². The van der Waals surface area contributed by atoms with Crippen molar-refractivity contribution in [2.75, 3.05) is 0 Å². The van der Waals surface area contributed by atoms with E-state index in [-0.39, 0.29) is 48.9 Å². The molecule has 1 aromatic carbocycles. The van der Waals surface area contributed by atoms with Crippen LogP contribution in [0.5, 0.6) is 5.75 Å². The zero-order valence-electron chi connectivity index (χ0n) is 22.2. The van der Waals surface area contributed by atoms with Crippen LogP contribution in [-0.2, 0) is 32.2 Å². The zero-order valence-corrected chi connectivity index (χ0v) is 23.0. The Labute approximate surface area is 247 Å². The van der Waals surface area contributed by atoms with Crippen LogP contribution >= 0.6 is 11.3 Å². The highest BCUT2D eigenvalue weighted by molar-refractivity contribution is 7.13. The van der Waals surface area contributed by atoms with Gasteiger partial charge in [-0.1, -0.05) is 28.7 Å². The third kappa shape index (κ3) is 9.68. The predicted molar refractivity (Wildman–Crippen MR) is 138 cm³/mol. The second kappa shape index (κ2) is 13.7. The van der Waals surface area contributed by atoms with Gasteiger partial charge in [0, 0.05) is 19.2 Å². The first-order chi connectivity index (χ1) is 20.7. The molecule has 2 N–H and O–H groups in total. The van der Waals surface area contributed by atoms with E-state index in [0.717, 1.165) is 40.3 Å². The number of nitrogens with one attached hydrogen (secondary N) is 2. The fourth-order valence-electron chi connectivity index (χ4n) is 3.58. The minimum absolute atomic E-state index is 0.0196. The Hall–Kier alpha value is -4.68. The molecule has 0 bridgehead atoms. The van der Waals surface area contributed by atoms with Gasteiger partial charge in [0.2, 0.25) is 5.01 Å². The molecule has 0 aliphatic carbocycles. The van der Waals surface area contributed by atoms with Crippen molar-refractivity contribution in [3.8, 4) is 5.75 Å². The molecule has 3 aromatic heterocycles. The summed E-state index contributed by atoms with van der Waals surface area (Å²) in [6.07, 6.45) is -8.83. The number of hydrogen-bond donors (Lipinski definition) is 2. The number of hydrogen-bond acceptors (Lipinski definition) is 9. The van der Waals surface area contributed by atoms with Crippen molar-refractivity contribution < 1.29 is 45.1 Å². The van der Waals surface area contributed by atoms with Crippen LogP contribution in [0.25, 0.3) is 0 Å². The largest absolute Gasteiger partial charge is 0.573 e. The lowest BCUT2D eigenvalue weighted by Crippen LogP contribution is -2.23. The highest BCUT2D eigenvalue weighted by atomic mass is 32.1. The van der Waals surface area contributed by atoms with Crippen LogP contribution in [0, 0.1) is 0 Å². The van der Waals surface area contributed by atoms with Crippen LogP contribution in [-0.4, -0.2) is 54.5 Å². The average Bonchev–Trinajstić information content (AvgIpc) is 3.63. The number of nitrogens with zero attached hydrogens (tertiary/aromatic N) is 6. The molecular formula is C25H21F7N8O3S. The summed E-state index contributed by atoms with van der Waals surface area (Å²) in [7, 11) is 0. The summed E-state index contributed by atoms with van der Waals surface area (Å²) >= 11 is 0.924. The van der Waals surface area contributed by atoms with Gasteiger partial charge in [0.25, 0.3) is 11.8 Å². The Bertz CT molecular complexity index is 1570. The van der Waals surface area contributed by atoms with Crippen molar-refractivity contribution in [1.29, 1.82) is 0 Å². The van der Waals surface area contributed by atoms with Gasteiger partial charge in [0.05, 0.1) is 30.5 Å². The highest BCUT2D eigenvalue weighted by Crippen LogP contribution is 2.28. The molecule has 4 rings (SSSR count). The number of ether oxygens (including phenoxy) is 1. The maximum atomic E-state index is 14.6. The van der Waals surface area contributed by atoms with Crippen molar-refractivity contribution in [1.82, 2.24) is 40.8 Å². The molecule has 11 nitrogen and oxygen atoms in total. The van der Waals surface area contributed by atoms with Crippen molar-refractivity contribution in [2.45, 2.75) is 51.2 Å². The second-order valence-corrected chi connectivity index (χ2v) is 10.1. The molecule has 0 saturated carbocycles. The third-order valence-electron chi connectivity index (χ3n) is 5.66. The van der Waals surface area contributed by atoms with Crippen molar-refractivity contribution in [3.05, 3.63) is 81.3 Å². The van der Waals surface area contributed by atoms with Crippen LogP contribution in [0.1, 0.15) is 48.5 Å². The van der Waals surface area contributed by atoms with E-state index in [9.17, 15) is 40.3 Å². The Kier molecular flexibility index (Phi) is 10.1. The molecule has 0 aliphatic heterocycles. The van der Waals surface area contributed by atoms with Gasteiger partial charge in [-0.05, 0) is 36.2 Å². The molecule has 2 amide bonds. The Morgan fingerprint density at radius 1 is 0.977 bits per heavy atom. The van der Waals surface area contributed by atoms with Crippen LogP contribution in [0.4, 0.5) is 30.7 Å². The van der Waals surface area contributed by atoms with Gasteiger partial charge in [-0.3, -0.25) is 14.6 Å². The van der Waals surface area contributed by atoms with Crippen molar-refractivity contribution in [3.63, 3.8) is 0 Å². The first kappa shape index (κ1) is 32.2. The number of aryl methyl sites for hydroxylation is 1. The molecule has 234 valence electrons. The van der Waals surface area contributed by atoms with Gasteiger partial charge < -0.3 is 15.4 Å². The Balaban J connectivity index is 1.19. The maximum Gasteiger partial charge on any atom is 0.573 e. The van der Waals surface area contributed by atoms with Gasteiger partial charge in [0.15, 0.2) is 5.69 Å². The number of halogens is 7. The summed E-state index contributed by atoms with van der Waals surface area (Å²) in [5, 5.41) is 20.3. The van der Waals surface area contributed by atoms with E-state index < -0.39 is 41.8 Å². The molecule has 3 heterocycles. The van der Waals surface area contributed by atoms with Crippen LogP contribution in [0.3, 0.4) is 0 Å². The zero-order chi connectivity index (χ0) is 31.9. The van der Waals surface area contributed by atoms with E-state index in [1.807, 2.05) is 0 Å². The maximum absolute atomic E-state index is 14.6. The molecule has 0 fully saturated rings. The minimum atomic E-state index is -4.85. The number of rotatable bonds is 12. The normalized spacial score (nSPS) is 12.5. The summed E-state index contributed by atoms with van der Waals surface area (Å²) in [5.41, 5.74) is -0.505. The standard InChI is InChI=1S/C25H21F7N8O3S/c26-16(5-7-20-37-38-23(44-20)22(42)35-11-17-6-4-15(10-33-17)24(27,28)29)12-40-13-19(36-39-40)21(41)34-9-14-2-1-3-18(8-14)43-25(30,31)32/h1-4,6,8,10,13,16H,5,7,9,11-12H2,(H,34,41)(H,35,42). The monoisotopic (exact) mass is 646 g/mol. The number of benzene rings is 1. The number of amides is 2. The van der Waals surface area contributed by atoms with Crippen LogP contribution < -0.4 is 15.4 Å². The van der Waals surface area contributed by atoms with E-state index in [0.29, 0.717) is 16.8 Å². The topological polar surface area (TPSA) is 137 Å². The average molecular weight is 647 g/mol. The molecule has 1 unspecified atom stereocenters. The summed E-state index contributed by atoms with van der Waals surface area (Å²) < 4.78 is 94.6. The summed E-state index contributed by atoms with van der Waals surface area (Å²) in [4.78, 5) is 28.3. The first-order valence-corrected chi connectivity index (χ1v) is 13.4. The number of carbonyl (C=O) groups excluding carboxylic acids is 2. The SMILES string of the molecule is O=C(NCc1cccc(OC(F)(F)F)c1)c1cn(CC(F)CCc2nnc(C(=O)NCc3ccc(C(F)(F)F)cn3)s2)nn1. The van der Waals surface area contributed by atoms with Crippen LogP contribution in [0.2, 0.25) is 0 Å². The third-order valence-corrected chi connectivity index (χ3v) is 6.64. The summed E-state index contributed by atoms with van der Waals surface area (Å²) in [5.74, 6) is -1.74. The van der Waals surface area contributed by atoms with Gasteiger partial charge >= 0.3 is 12.5 Å². The summed E-state index contributed by atoms with van der Waals surface area (Å²) in [6, 6.07) is 7.05. The van der Waals surface area contributed by atoms with E-state index in [2.05, 4.69) is 40.9 Å². The molecular weight excluding hydrogens is 625 g/mol. The number of carbonyl (C=O) groups is 2. The molecule has 0 radical (unpaired) electrons. The van der Waals surface area contributed by atoms with Gasteiger partial charge in [-0.2, -0.15) is 13.2 Å². The van der Waals surface area contributed by atoms with E-state index in [1.54, 1.807) is 0 Å². The second-order valence-electron chi connectivity index (χ2n) is 9.06. The van der Waals surface area contributed by atoms with Crippen LogP contribution in [0.15, 0.2) is 48.8 Å². The molecule has 44 heavy (non-hydrogen) atoms. The van der Waals surface area contributed by atoms with Crippen molar-refractivity contribution >= 4 is 23.2 Å². The highest BCUT2D eigenvalue weighted by Gasteiger charge is 2.31. The van der Waals surface area contributed by atoms with Gasteiger partial charge in [-0.25, -0.2) is 9.07 Å². The van der Waals surface area contributed by atoms with E-state index in [1.165, 1.54) is 18.3 Å². The smallest absolute Gasteiger partial charge is 0.406 e. The minimum Gasteiger partial charge on any atom is -0.406 e. The fraction of sp³-hybridized carbons (Fsp3) is 0.320. The first-order valence-electron chi connectivity index (χ1n) is 12.5. The predicted octanol–water partition coefficient (Wildman–Crippen LogP) is 4.27. The van der Waals surface area contributed by atoms with Gasteiger partial charge in [-0.15, -0.1) is 28.5 Å². The Morgan fingerprint density at radius 3 is 2.45 bits per heavy atom. The molecule has 1 atom stereocenters. The van der Waals surface area contributed by atoms with Crippen molar-refractivity contribution in [2.24, 2.45) is 0 Å². The molecule has 0 saturated heterocycles. The summed E-state index contributed by atoms with van der Waals surface area (Å²) in [6.45, 7) is -0.510. The molecule has 4 aromatic rings. The lowest BCUT2D eigenvalue weighted by Gasteiger charge is -2.10. The quantitative estimate of drug-likeness (QED) is 0.218. The van der Waals surface area contributed by atoms with E-state index >= 15 is 0 Å². The number of pyridine rings is 1. The molecule has 19 heteroatoms. The molecule has 0 aliphatic rings. The Morgan fingerprint density at radius 2 is 1.75 bits per heavy atom.